The standard InChI is InChI=1S/C8H14N2OS/c1-8(2,3)5-6-9-10-7(11-4)12-6/h5H2,1-4H3. The van der Waals surface area contributed by atoms with Gasteiger partial charge in [-0.1, -0.05) is 32.1 Å². The quantitative estimate of drug-likeness (QED) is 0.709. The summed E-state index contributed by atoms with van der Waals surface area (Å²) >= 11 is 1.52. The molecule has 0 saturated heterocycles. The van der Waals surface area contributed by atoms with Gasteiger partial charge < -0.3 is 4.74 Å². The van der Waals surface area contributed by atoms with Crippen molar-refractivity contribution in [2.45, 2.75) is 27.2 Å². The van der Waals surface area contributed by atoms with Crippen LogP contribution in [0.15, 0.2) is 0 Å². The van der Waals surface area contributed by atoms with E-state index in [0.29, 0.717) is 5.19 Å². The second-order valence-corrected chi connectivity index (χ2v) is 4.93. The highest BCUT2D eigenvalue weighted by Crippen LogP contribution is 2.25. The molecule has 0 radical (unpaired) electrons. The van der Waals surface area contributed by atoms with Crippen molar-refractivity contribution in [1.82, 2.24) is 10.2 Å². The Morgan fingerprint density at radius 1 is 1.33 bits per heavy atom. The molecule has 1 aromatic rings. The summed E-state index contributed by atoms with van der Waals surface area (Å²) in [5, 5.41) is 9.57. The summed E-state index contributed by atoms with van der Waals surface area (Å²) in [5.41, 5.74) is 0.268. The summed E-state index contributed by atoms with van der Waals surface area (Å²) in [6.45, 7) is 6.54. The Morgan fingerprint density at radius 2 is 2.00 bits per heavy atom. The lowest BCUT2D eigenvalue weighted by molar-refractivity contribution is 0.403. The lowest BCUT2D eigenvalue weighted by atomic mass is 9.93. The third-order valence-corrected chi connectivity index (χ3v) is 2.19. The molecule has 0 unspecified atom stereocenters. The van der Waals surface area contributed by atoms with Crippen molar-refractivity contribution in [2.24, 2.45) is 5.41 Å². The fourth-order valence-electron chi connectivity index (χ4n) is 0.846. The summed E-state index contributed by atoms with van der Waals surface area (Å²) in [4.78, 5) is 0. The van der Waals surface area contributed by atoms with Crippen LogP contribution in [-0.4, -0.2) is 17.3 Å². The van der Waals surface area contributed by atoms with Crippen molar-refractivity contribution in [3.05, 3.63) is 5.01 Å². The molecular formula is C8H14N2OS. The van der Waals surface area contributed by atoms with Gasteiger partial charge in [0.05, 0.1) is 7.11 Å². The zero-order valence-corrected chi connectivity index (χ0v) is 8.73. The van der Waals surface area contributed by atoms with E-state index in [-0.39, 0.29) is 5.41 Å². The van der Waals surface area contributed by atoms with Crippen LogP contribution in [0.3, 0.4) is 0 Å². The molecule has 1 aromatic heterocycles. The van der Waals surface area contributed by atoms with Crippen molar-refractivity contribution >= 4 is 11.3 Å². The molecular weight excluding hydrogens is 172 g/mol. The average molecular weight is 186 g/mol. The Labute approximate surface area is 76.8 Å². The molecule has 0 aliphatic carbocycles. The van der Waals surface area contributed by atoms with Crippen LogP contribution < -0.4 is 4.74 Å². The highest BCUT2D eigenvalue weighted by molar-refractivity contribution is 7.13. The number of hydrogen-bond acceptors (Lipinski definition) is 4. The smallest absolute Gasteiger partial charge is 0.293 e. The summed E-state index contributed by atoms with van der Waals surface area (Å²) in [6, 6.07) is 0. The van der Waals surface area contributed by atoms with E-state index < -0.39 is 0 Å². The van der Waals surface area contributed by atoms with E-state index in [1.807, 2.05) is 0 Å². The van der Waals surface area contributed by atoms with Crippen molar-refractivity contribution in [3.8, 4) is 5.19 Å². The highest BCUT2D eigenvalue weighted by Gasteiger charge is 2.14. The second kappa shape index (κ2) is 3.39. The molecule has 0 aliphatic rings. The number of ether oxygens (including phenoxy) is 1. The molecule has 3 nitrogen and oxygen atoms in total. The van der Waals surface area contributed by atoms with E-state index in [9.17, 15) is 0 Å². The molecule has 0 aliphatic heterocycles. The van der Waals surface area contributed by atoms with E-state index in [4.69, 9.17) is 4.74 Å². The first-order valence-corrected chi connectivity index (χ1v) is 4.69. The Balaban J connectivity index is 2.64. The van der Waals surface area contributed by atoms with Gasteiger partial charge in [0.2, 0.25) is 0 Å². The lowest BCUT2D eigenvalue weighted by Crippen LogP contribution is -2.08. The van der Waals surface area contributed by atoms with Crippen LogP contribution in [0.5, 0.6) is 5.19 Å². The molecule has 0 bridgehead atoms. The average Bonchev–Trinajstić information content (AvgIpc) is 2.32. The molecule has 68 valence electrons. The molecule has 0 spiro atoms. The fraction of sp³-hybridized carbons (Fsp3) is 0.750. The van der Waals surface area contributed by atoms with E-state index in [1.54, 1.807) is 7.11 Å². The zero-order chi connectivity index (χ0) is 9.19. The summed E-state index contributed by atoms with van der Waals surface area (Å²) in [6.07, 6.45) is 0.952. The maximum atomic E-state index is 4.95. The normalized spacial score (nSPS) is 11.7. The predicted octanol–water partition coefficient (Wildman–Crippen LogP) is 2.14. The van der Waals surface area contributed by atoms with E-state index in [1.165, 1.54) is 11.3 Å². The maximum absolute atomic E-state index is 4.95. The van der Waals surface area contributed by atoms with Crippen LogP contribution in [0.4, 0.5) is 0 Å². The molecule has 4 heteroatoms. The van der Waals surface area contributed by atoms with Crippen LogP contribution >= 0.6 is 11.3 Å². The molecule has 12 heavy (non-hydrogen) atoms. The molecule has 0 saturated carbocycles. The molecule has 0 aromatic carbocycles. The fourth-order valence-corrected chi connectivity index (χ4v) is 1.80. The lowest BCUT2D eigenvalue weighted by Gasteiger charge is -2.14. The highest BCUT2D eigenvalue weighted by atomic mass is 32.1. The molecule has 1 rings (SSSR count). The minimum Gasteiger partial charge on any atom is -0.472 e. The first-order valence-electron chi connectivity index (χ1n) is 3.87. The van der Waals surface area contributed by atoms with Gasteiger partial charge in [-0.3, -0.25) is 0 Å². The topological polar surface area (TPSA) is 35.0 Å². The van der Waals surface area contributed by atoms with Gasteiger partial charge in [0, 0.05) is 6.42 Å². The van der Waals surface area contributed by atoms with Gasteiger partial charge in [-0.05, 0) is 5.41 Å². The van der Waals surface area contributed by atoms with Crippen molar-refractivity contribution in [1.29, 1.82) is 0 Å². The number of rotatable bonds is 2. The van der Waals surface area contributed by atoms with Gasteiger partial charge in [0.15, 0.2) is 0 Å². The molecule has 0 N–H and O–H groups in total. The number of nitrogens with zero attached hydrogens (tertiary/aromatic N) is 2. The molecule has 0 amide bonds. The van der Waals surface area contributed by atoms with Gasteiger partial charge in [-0.15, -0.1) is 10.2 Å². The molecule has 0 atom stereocenters. The first kappa shape index (κ1) is 9.45. The van der Waals surface area contributed by atoms with Crippen molar-refractivity contribution in [2.75, 3.05) is 7.11 Å². The monoisotopic (exact) mass is 186 g/mol. The number of hydrogen-bond donors (Lipinski definition) is 0. The van der Waals surface area contributed by atoms with Gasteiger partial charge in [0.1, 0.15) is 5.01 Å². The van der Waals surface area contributed by atoms with Crippen LogP contribution in [0.2, 0.25) is 0 Å². The van der Waals surface area contributed by atoms with Crippen LogP contribution in [-0.2, 0) is 6.42 Å². The van der Waals surface area contributed by atoms with Crippen LogP contribution in [0.1, 0.15) is 25.8 Å². The minimum absolute atomic E-state index is 0.268. The van der Waals surface area contributed by atoms with Crippen molar-refractivity contribution in [3.63, 3.8) is 0 Å². The Morgan fingerprint density at radius 3 is 2.42 bits per heavy atom. The van der Waals surface area contributed by atoms with Gasteiger partial charge in [0.25, 0.3) is 5.19 Å². The van der Waals surface area contributed by atoms with Gasteiger partial charge >= 0.3 is 0 Å². The van der Waals surface area contributed by atoms with E-state index in [2.05, 4.69) is 31.0 Å². The molecule has 0 fully saturated rings. The van der Waals surface area contributed by atoms with Gasteiger partial charge in [-0.25, -0.2) is 0 Å². The Kier molecular flexibility index (Phi) is 2.67. The molecule has 1 heterocycles. The zero-order valence-electron chi connectivity index (χ0n) is 7.92. The maximum Gasteiger partial charge on any atom is 0.293 e. The van der Waals surface area contributed by atoms with Gasteiger partial charge in [-0.2, -0.15) is 0 Å². The van der Waals surface area contributed by atoms with E-state index in [0.717, 1.165) is 11.4 Å². The summed E-state index contributed by atoms with van der Waals surface area (Å²) < 4.78 is 4.95. The van der Waals surface area contributed by atoms with E-state index >= 15 is 0 Å². The summed E-state index contributed by atoms with van der Waals surface area (Å²) in [5.74, 6) is 0. The Bertz CT molecular complexity index is 252. The number of methoxy groups -OCH3 is 1. The predicted molar refractivity (Wildman–Crippen MR) is 49.6 cm³/mol. The van der Waals surface area contributed by atoms with Crippen molar-refractivity contribution < 1.29 is 4.74 Å². The number of aromatic nitrogens is 2. The third-order valence-electron chi connectivity index (χ3n) is 1.30. The van der Waals surface area contributed by atoms with Crippen LogP contribution in [0, 0.1) is 5.41 Å². The largest absolute Gasteiger partial charge is 0.472 e. The SMILES string of the molecule is COc1nnc(CC(C)(C)C)s1. The minimum atomic E-state index is 0.268. The first-order chi connectivity index (χ1) is 5.51. The second-order valence-electron chi connectivity index (χ2n) is 3.90. The third kappa shape index (κ3) is 2.77. The summed E-state index contributed by atoms with van der Waals surface area (Å²) in [7, 11) is 1.61. The van der Waals surface area contributed by atoms with Crippen LogP contribution in [0.25, 0.3) is 0 Å². The Hall–Kier alpha value is -0.640.